The van der Waals surface area contributed by atoms with Crippen molar-refractivity contribution in [2.45, 2.75) is 106 Å². The lowest BCUT2D eigenvalue weighted by Gasteiger charge is -2.46. The van der Waals surface area contributed by atoms with Crippen LogP contribution in [0.15, 0.2) is 4.99 Å². The van der Waals surface area contributed by atoms with Gasteiger partial charge in [-0.25, -0.2) is 4.99 Å². The van der Waals surface area contributed by atoms with Gasteiger partial charge in [0.2, 0.25) is 0 Å². The number of aliphatic hydroxyl groups is 8. The molecule has 0 spiro atoms. The molecule has 240 valence electrons. The summed E-state index contributed by atoms with van der Waals surface area (Å²) in [5.41, 5.74) is 14.2. The Bertz CT molecular complexity index is 903. The fourth-order valence-corrected chi connectivity index (χ4v) is 5.22. The molecule has 2 heterocycles. The molecule has 41 heavy (non-hydrogen) atoms. The van der Waals surface area contributed by atoms with Crippen molar-refractivity contribution in [3.63, 3.8) is 0 Å². The topological polar surface area (TPSA) is 337 Å². The van der Waals surface area contributed by atoms with Crippen molar-refractivity contribution in [1.82, 2.24) is 10.6 Å². The van der Waals surface area contributed by atoms with Crippen LogP contribution in [0.2, 0.25) is 0 Å². The van der Waals surface area contributed by atoms with Crippen LogP contribution in [-0.4, -0.2) is 164 Å². The standard InChI is InChI=1S/C21H41N7O12.CH4/c1-5-21(36,4-30)16(40-17-9(26-2)13(34)10(31)6(3-29)38-17)18(37-5)39-15-8(28-20(24)25)11(32)7(27-19(22)23)12(33)14(15)35;/h5-18,26,29-36H,3-4H2,1-2H3,(H4,22,23,27)(H4,24,25,28);1H4/t5-,6-,7+,8-,9-,10-,11+,12-,13-,14+,15+,16-,17-,18-,21+;/m0./s1. The SMILES string of the molecule is C.CN[C@@H]1[C@H](O[C@H]2[C@H](O[C@H]3[C@H](O)[C@@H](O)[C@H](NC(=N)N)[C@@H](O)[C@@H]3N=C(N)N)O[C@@H](C)[C@]2(O)CO)O[C@@H](CO)[C@H](O)[C@H]1O. The summed E-state index contributed by atoms with van der Waals surface area (Å²) >= 11 is 0. The zero-order valence-corrected chi connectivity index (χ0v) is 21.9. The molecular weight excluding hydrogens is 554 g/mol. The second kappa shape index (κ2) is 14.0. The smallest absolute Gasteiger partial charge is 0.187 e. The molecule has 19 heteroatoms. The average Bonchev–Trinajstić information content (AvgIpc) is 3.13. The molecule has 3 aliphatic rings. The van der Waals surface area contributed by atoms with Gasteiger partial charge in [-0.05, 0) is 14.0 Å². The summed E-state index contributed by atoms with van der Waals surface area (Å²) in [6.45, 7) is -0.204. The highest BCUT2D eigenvalue weighted by Gasteiger charge is 2.60. The van der Waals surface area contributed by atoms with Gasteiger partial charge in [0, 0.05) is 0 Å². The Balaban J connectivity index is 0.00000588. The van der Waals surface area contributed by atoms with E-state index < -0.39 is 116 Å². The minimum absolute atomic E-state index is 0. The number of guanidine groups is 2. The van der Waals surface area contributed by atoms with Crippen molar-refractivity contribution in [3.8, 4) is 0 Å². The molecule has 0 aromatic carbocycles. The normalized spacial score (nSPS) is 46.4. The van der Waals surface area contributed by atoms with Crippen LogP contribution < -0.4 is 27.8 Å². The van der Waals surface area contributed by atoms with E-state index in [4.69, 9.17) is 41.6 Å². The lowest BCUT2D eigenvalue weighted by atomic mass is 9.81. The highest BCUT2D eigenvalue weighted by molar-refractivity contribution is 5.76. The van der Waals surface area contributed by atoms with Crippen LogP contribution in [-0.2, 0) is 18.9 Å². The van der Waals surface area contributed by atoms with E-state index >= 15 is 0 Å². The summed E-state index contributed by atoms with van der Waals surface area (Å²) in [5.74, 6) is -1.13. The third kappa shape index (κ3) is 6.82. The maximum absolute atomic E-state index is 11.3. The van der Waals surface area contributed by atoms with Crippen molar-refractivity contribution in [2.24, 2.45) is 22.2 Å². The minimum atomic E-state index is -2.15. The number of hydrogen-bond donors (Lipinski definition) is 14. The molecule has 0 aromatic rings. The van der Waals surface area contributed by atoms with Gasteiger partial charge in [0.1, 0.15) is 60.5 Å². The third-order valence-corrected chi connectivity index (χ3v) is 7.55. The molecule has 0 aromatic heterocycles. The van der Waals surface area contributed by atoms with E-state index in [1.165, 1.54) is 14.0 Å². The number of nitrogens with zero attached hydrogens (tertiary/aromatic N) is 1. The van der Waals surface area contributed by atoms with Gasteiger partial charge < -0.3 is 87.6 Å². The van der Waals surface area contributed by atoms with Crippen molar-refractivity contribution in [3.05, 3.63) is 0 Å². The molecule has 0 amide bonds. The lowest BCUT2D eigenvalue weighted by Crippen LogP contribution is -2.70. The Morgan fingerprint density at radius 2 is 1.54 bits per heavy atom. The first-order valence-electron chi connectivity index (χ1n) is 12.5. The molecule has 0 radical (unpaired) electrons. The Morgan fingerprint density at radius 1 is 0.927 bits per heavy atom. The predicted octanol–water partition coefficient (Wildman–Crippen LogP) is -7.52. The summed E-state index contributed by atoms with van der Waals surface area (Å²) in [6.07, 6.45) is -16.9. The van der Waals surface area contributed by atoms with Gasteiger partial charge in [0.05, 0.1) is 31.4 Å². The first kappa shape index (κ1) is 35.2. The number of hydrogen-bond acceptors (Lipinski definition) is 15. The lowest BCUT2D eigenvalue weighted by molar-refractivity contribution is -0.317. The molecule has 0 bridgehead atoms. The molecule has 1 saturated carbocycles. The molecule has 15 atom stereocenters. The molecule has 1 aliphatic carbocycles. The highest BCUT2D eigenvalue weighted by atomic mass is 16.8. The fraction of sp³-hybridized carbons (Fsp3) is 0.909. The molecule has 3 rings (SSSR count). The van der Waals surface area contributed by atoms with E-state index in [1.807, 2.05) is 0 Å². The van der Waals surface area contributed by atoms with Gasteiger partial charge in [-0.3, -0.25) is 5.41 Å². The Hall–Kier alpha value is -1.98. The van der Waals surface area contributed by atoms with Crippen LogP contribution in [0.5, 0.6) is 0 Å². The Labute approximate surface area is 236 Å². The minimum Gasteiger partial charge on any atom is -0.394 e. The zero-order valence-electron chi connectivity index (χ0n) is 21.9. The summed E-state index contributed by atoms with van der Waals surface area (Å²) in [4.78, 5) is 3.91. The van der Waals surface area contributed by atoms with Crippen molar-refractivity contribution < 1.29 is 59.8 Å². The van der Waals surface area contributed by atoms with E-state index in [9.17, 15) is 40.9 Å². The maximum Gasteiger partial charge on any atom is 0.187 e. The fourth-order valence-electron chi connectivity index (χ4n) is 5.22. The number of nitrogens with two attached hydrogens (primary N) is 3. The van der Waals surface area contributed by atoms with Crippen molar-refractivity contribution in [2.75, 3.05) is 20.3 Å². The predicted molar refractivity (Wildman–Crippen MR) is 140 cm³/mol. The van der Waals surface area contributed by atoms with Crippen LogP contribution in [0.1, 0.15) is 14.4 Å². The first-order chi connectivity index (χ1) is 18.7. The zero-order chi connectivity index (χ0) is 30.1. The first-order valence-corrected chi connectivity index (χ1v) is 12.5. The Morgan fingerprint density at radius 3 is 2.05 bits per heavy atom. The number of nitrogens with one attached hydrogen (secondary N) is 3. The van der Waals surface area contributed by atoms with E-state index in [0.29, 0.717) is 0 Å². The summed E-state index contributed by atoms with van der Waals surface area (Å²) in [7, 11) is 1.44. The number of ether oxygens (including phenoxy) is 4. The molecule has 2 saturated heterocycles. The second-order valence-electron chi connectivity index (χ2n) is 10.1. The van der Waals surface area contributed by atoms with E-state index in [1.54, 1.807) is 0 Å². The van der Waals surface area contributed by atoms with Crippen LogP contribution in [0.25, 0.3) is 0 Å². The summed E-state index contributed by atoms with van der Waals surface area (Å²) < 4.78 is 23.2. The largest absolute Gasteiger partial charge is 0.394 e. The van der Waals surface area contributed by atoms with Gasteiger partial charge in [0.15, 0.2) is 24.5 Å². The summed E-state index contributed by atoms with van der Waals surface area (Å²) in [6, 6.07) is -3.94. The molecule has 17 N–H and O–H groups in total. The Kier molecular flexibility index (Phi) is 12.0. The van der Waals surface area contributed by atoms with Gasteiger partial charge in [-0.2, -0.15) is 0 Å². The van der Waals surface area contributed by atoms with Crippen LogP contribution >= 0.6 is 0 Å². The van der Waals surface area contributed by atoms with E-state index in [2.05, 4.69) is 15.6 Å². The number of aliphatic imine (C=N–C) groups is 1. The third-order valence-electron chi connectivity index (χ3n) is 7.55. The van der Waals surface area contributed by atoms with Gasteiger partial charge in [0.25, 0.3) is 0 Å². The molecule has 0 unspecified atom stereocenters. The second-order valence-corrected chi connectivity index (χ2v) is 10.1. The molecular formula is C22H45N7O12. The quantitative estimate of drug-likeness (QED) is 0.0863. The van der Waals surface area contributed by atoms with Gasteiger partial charge in [-0.15, -0.1) is 0 Å². The number of aliphatic hydroxyl groups excluding tert-OH is 7. The number of likely N-dealkylation sites (N-methyl/N-ethyl adjacent to an activating group) is 1. The van der Waals surface area contributed by atoms with Gasteiger partial charge >= 0.3 is 0 Å². The van der Waals surface area contributed by atoms with Crippen LogP contribution in [0.4, 0.5) is 0 Å². The molecule has 2 aliphatic heterocycles. The van der Waals surface area contributed by atoms with Crippen LogP contribution in [0, 0.1) is 5.41 Å². The summed E-state index contributed by atoms with van der Waals surface area (Å²) in [5, 5.41) is 96.7. The van der Waals surface area contributed by atoms with Crippen molar-refractivity contribution >= 4 is 11.9 Å². The monoisotopic (exact) mass is 599 g/mol. The van der Waals surface area contributed by atoms with E-state index in [-0.39, 0.29) is 7.43 Å². The maximum atomic E-state index is 11.3. The van der Waals surface area contributed by atoms with Crippen molar-refractivity contribution in [1.29, 1.82) is 5.41 Å². The van der Waals surface area contributed by atoms with Crippen LogP contribution in [0.3, 0.4) is 0 Å². The molecule has 3 fully saturated rings. The molecule has 19 nitrogen and oxygen atoms in total. The van der Waals surface area contributed by atoms with E-state index in [0.717, 1.165) is 0 Å². The van der Waals surface area contributed by atoms with Gasteiger partial charge in [-0.1, -0.05) is 7.43 Å². The highest BCUT2D eigenvalue weighted by Crippen LogP contribution is 2.39. The average molecular weight is 600 g/mol. The number of rotatable bonds is 9.